The van der Waals surface area contributed by atoms with Crippen molar-refractivity contribution in [1.82, 2.24) is 4.98 Å². The first-order valence-corrected chi connectivity index (χ1v) is 4.43. The maximum absolute atomic E-state index is 12.8. The number of nitrogens with zero attached hydrogens (tertiary/aromatic N) is 1. The molecule has 1 rings (SSSR count). The highest BCUT2D eigenvalue weighted by Crippen LogP contribution is 2.22. The minimum atomic E-state index is -3.78. The van der Waals surface area contributed by atoms with Gasteiger partial charge in [0.15, 0.2) is 0 Å². The second-order valence-electron chi connectivity index (χ2n) is 3.13. The lowest BCUT2D eigenvalue weighted by molar-refractivity contribution is -0.164. The van der Waals surface area contributed by atoms with E-state index in [4.69, 9.17) is 16.7 Å². The van der Waals surface area contributed by atoms with E-state index in [1.54, 1.807) is 6.92 Å². The predicted molar refractivity (Wildman–Crippen MR) is 50.3 cm³/mol. The van der Waals surface area contributed by atoms with Gasteiger partial charge in [-0.3, -0.25) is 0 Å². The summed E-state index contributed by atoms with van der Waals surface area (Å²) in [6.07, 6.45) is -0.884. The van der Waals surface area contributed by atoms with Crippen LogP contribution in [0.1, 0.15) is 11.3 Å². The van der Waals surface area contributed by atoms with Crippen LogP contribution in [0.3, 0.4) is 0 Å². The molecule has 0 aromatic carbocycles. The van der Waals surface area contributed by atoms with Crippen LogP contribution in [0, 0.1) is 6.92 Å². The Hall–Kier alpha value is -1.23. The van der Waals surface area contributed by atoms with Crippen molar-refractivity contribution in [2.75, 3.05) is 0 Å². The first-order valence-electron chi connectivity index (χ1n) is 4.05. The number of alkyl halides is 2. The van der Waals surface area contributed by atoms with Gasteiger partial charge >= 0.3 is 11.9 Å². The molecule has 6 heteroatoms. The van der Waals surface area contributed by atoms with Crippen LogP contribution in [-0.2, 0) is 11.2 Å². The van der Waals surface area contributed by atoms with Gasteiger partial charge < -0.3 is 5.11 Å². The van der Waals surface area contributed by atoms with Crippen LogP contribution < -0.4 is 0 Å². The molecule has 1 aromatic heterocycles. The summed E-state index contributed by atoms with van der Waals surface area (Å²) < 4.78 is 25.7. The molecule has 0 radical (unpaired) electrons. The van der Waals surface area contributed by atoms with Crippen molar-refractivity contribution < 1.29 is 18.7 Å². The first-order chi connectivity index (χ1) is 6.81. The highest BCUT2D eigenvalue weighted by molar-refractivity contribution is 6.29. The lowest BCUT2D eigenvalue weighted by atomic mass is 10.1. The van der Waals surface area contributed by atoms with Crippen molar-refractivity contribution in [3.05, 3.63) is 28.5 Å². The molecule has 0 aliphatic rings. The Morgan fingerprint density at radius 3 is 2.67 bits per heavy atom. The van der Waals surface area contributed by atoms with Crippen molar-refractivity contribution in [2.24, 2.45) is 0 Å². The van der Waals surface area contributed by atoms with E-state index in [1.165, 1.54) is 12.1 Å². The highest BCUT2D eigenvalue weighted by atomic mass is 35.5. The lowest BCUT2D eigenvalue weighted by Crippen LogP contribution is -2.30. The van der Waals surface area contributed by atoms with Crippen LogP contribution in [0.4, 0.5) is 8.78 Å². The van der Waals surface area contributed by atoms with Gasteiger partial charge in [0.05, 0.1) is 0 Å². The number of pyridine rings is 1. The number of aromatic nitrogens is 1. The Balaban J connectivity index is 2.94. The second kappa shape index (κ2) is 4.10. The summed E-state index contributed by atoms with van der Waals surface area (Å²) >= 11 is 5.56. The quantitative estimate of drug-likeness (QED) is 0.818. The number of hydrogen-bond donors (Lipinski definition) is 1. The summed E-state index contributed by atoms with van der Waals surface area (Å²) in [5.74, 6) is -5.93. The molecule has 0 fully saturated rings. The summed E-state index contributed by atoms with van der Waals surface area (Å²) in [5, 5.41) is 8.32. The Morgan fingerprint density at radius 1 is 1.60 bits per heavy atom. The summed E-state index contributed by atoms with van der Waals surface area (Å²) in [7, 11) is 0. The Labute approximate surface area is 89.7 Å². The maximum atomic E-state index is 12.8. The molecular weight excluding hydrogens is 228 g/mol. The Morgan fingerprint density at radius 2 is 2.20 bits per heavy atom. The predicted octanol–water partition coefficient (Wildman–Crippen LogP) is 2.31. The third-order valence-corrected chi connectivity index (χ3v) is 1.91. The van der Waals surface area contributed by atoms with Crippen LogP contribution in [0.25, 0.3) is 0 Å². The number of aryl methyl sites for hydroxylation is 1. The van der Waals surface area contributed by atoms with E-state index in [0.29, 0.717) is 5.69 Å². The van der Waals surface area contributed by atoms with Crippen LogP contribution in [0.15, 0.2) is 12.1 Å². The largest absolute Gasteiger partial charge is 0.477 e. The number of rotatable bonds is 3. The average molecular weight is 236 g/mol. The minimum absolute atomic E-state index is 0.0752. The van der Waals surface area contributed by atoms with E-state index in [0.717, 1.165) is 0 Å². The van der Waals surface area contributed by atoms with Gasteiger partial charge in [-0.25, -0.2) is 9.78 Å². The highest BCUT2D eigenvalue weighted by Gasteiger charge is 2.38. The maximum Gasteiger partial charge on any atom is 0.374 e. The molecule has 0 unspecified atom stereocenters. The number of carboxylic acids is 1. The molecule has 0 atom stereocenters. The minimum Gasteiger partial charge on any atom is -0.477 e. The normalized spacial score (nSPS) is 11.5. The third-order valence-electron chi connectivity index (χ3n) is 1.72. The van der Waals surface area contributed by atoms with Crippen LogP contribution in [0.5, 0.6) is 0 Å². The van der Waals surface area contributed by atoms with E-state index >= 15 is 0 Å². The molecule has 0 aliphatic heterocycles. The zero-order valence-electron chi connectivity index (χ0n) is 7.80. The third kappa shape index (κ3) is 3.13. The Kier molecular flexibility index (Phi) is 3.24. The molecule has 0 amide bonds. The summed E-state index contributed by atoms with van der Waals surface area (Å²) in [6, 6.07) is 2.61. The summed E-state index contributed by atoms with van der Waals surface area (Å²) in [5.41, 5.74) is 0.624. The fraction of sp³-hybridized carbons (Fsp3) is 0.333. The van der Waals surface area contributed by atoms with Gasteiger partial charge in [0.25, 0.3) is 0 Å². The molecule has 1 heterocycles. The van der Waals surface area contributed by atoms with E-state index in [9.17, 15) is 13.6 Å². The molecule has 15 heavy (non-hydrogen) atoms. The number of halogens is 3. The van der Waals surface area contributed by atoms with Gasteiger partial charge in [0, 0.05) is 12.1 Å². The standard InChI is InChI=1S/C9H8ClF2NO2/c1-5-2-6(3-7(10)13-5)4-9(11,12)8(14)15/h2-3H,4H2,1H3,(H,14,15). The molecule has 0 aliphatic carbocycles. The van der Waals surface area contributed by atoms with Crippen molar-refractivity contribution in [1.29, 1.82) is 0 Å². The number of carbonyl (C=O) groups is 1. The van der Waals surface area contributed by atoms with E-state index in [-0.39, 0.29) is 10.7 Å². The van der Waals surface area contributed by atoms with E-state index in [2.05, 4.69) is 4.98 Å². The smallest absolute Gasteiger partial charge is 0.374 e. The summed E-state index contributed by atoms with van der Waals surface area (Å²) in [4.78, 5) is 14.0. The first kappa shape index (κ1) is 11.8. The molecule has 3 nitrogen and oxygen atoms in total. The Bertz CT molecular complexity index is 375. The number of aliphatic carboxylic acids is 1. The zero-order chi connectivity index (χ0) is 11.6. The fourth-order valence-corrected chi connectivity index (χ4v) is 1.40. The van der Waals surface area contributed by atoms with Gasteiger partial charge in [-0.05, 0) is 24.6 Å². The van der Waals surface area contributed by atoms with Crippen molar-refractivity contribution in [3.8, 4) is 0 Å². The lowest BCUT2D eigenvalue weighted by Gasteiger charge is -2.11. The monoisotopic (exact) mass is 235 g/mol. The van der Waals surface area contributed by atoms with Gasteiger partial charge in [0.2, 0.25) is 0 Å². The van der Waals surface area contributed by atoms with E-state index in [1.807, 2.05) is 0 Å². The van der Waals surface area contributed by atoms with Crippen LogP contribution >= 0.6 is 11.6 Å². The van der Waals surface area contributed by atoms with Gasteiger partial charge in [-0.1, -0.05) is 11.6 Å². The molecular formula is C9H8ClF2NO2. The number of carboxylic acid groups (broad SMARTS) is 1. The van der Waals surface area contributed by atoms with Crippen molar-refractivity contribution in [3.63, 3.8) is 0 Å². The van der Waals surface area contributed by atoms with Gasteiger partial charge in [-0.2, -0.15) is 8.78 Å². The van der Waals surface area contributed by atoms with Crippen LogP contribution in [0.2, 0.25) is 5.15 Å². The molecule has 0 saturated heterocycles. The molecule has 82 valence electrons. The second-order valence-corrected chi connectivity index (χ2v) is 3.51. The van der Waals surface area contributed by atoms with E-state index < -0.39 is 18.3 Å². The van der Waals surface area contributed by atoms with Crippen molar-refractivity contribution >= 4 is 17.6 Å². The average Bonchev–Trinajstić information content (AvgIpc) is 1.99. The molecule has 0 spiro atoms. The summed E-state index contributed by atoms with van der Waals surface area (Å²) in [6.45, 7) is 1.59. The molecule has 1 aromatic rings. The number of hydrogen-bond acceptors (Lipinski definition) is 2. The molecule has 0 bridgehead atoms. The van der Waals surface area contributed by atoms with Gasteiger partial charge in [-0.15, -0.1) is 0 Å². The molecule has 1 N–H and O–H groups in total. The SMILES string of the molecule is Cc1cc(CC(F)(F)C(=O)O)cc(Cl)n1. The fourth-order valence-electron chi connectivity index (χ4n) is 1.13. The zero-order valence-corrected chi connectivity index (χ0v) is 8.55. The molecule has 0 saturated carbocycles. The van der Waals surface area contributed by atoms with Crippen LogP contribution in [-0.4, -0.2) is 22.0 Å². The topological polar surface area (TPSA) is 50.2 Å². The van der Waals surface area contributed by atoms with Crippen molar-refractivity contribution in [2.45, 2.75) is 19.3 Å². The van der Waals surface area contributed by atoms with Gasteiger partial charge in [0.1, 0.15) is 5.15 Å².